The van der Waals surface area contributed by atoms with E-state index in [1.54, 1.807) is 48.5 Å². The van der Waals surface area contributed by atoms with Gasteiger partial charge in [-0.1, -0.05) is 29.8 Å². The van der Waals surface area contributed by atoms with Gasteiger partial charge in [-0.15, -0.1) is 0 Å². The molecule has 0 saturated heterocycles. The third kappa shape index (κ3) is 5.18. The molecule has 3 aromatic carbocycles. The topological polar surface area (TPSA) is 98.5 Å². The molecular weight excluding hydrogens is 396 g/mol. The van der Waals surface area contributed by atoms with Gasteiger partial charge in [-0.05, 0) is 48.5 Å². The highest BCUT2D eigenvalue weighted by Crippen LogP contribution is 2.30. The first-order valence-corrected chi connectivity index (χ1v) is 8.88. The number of hydrogen-bond donors (Lipinski definition) is 1. The molecule has 0 saturated carbocycles. The van der Waals surface area contributed by atoms with Crippen molar-refractivity contribution in [3.05, 3.63) is 99.1 Å². The number of carbonyl (C=O) groups is 2. The summed E-state index contributed by atoms with van der Waals surface area (Å²) in [4.78, 5) is 34.9. The maximum atomic E-state index is 12.3. The molecule has 0 unspecified atom stereocenters. The molecule has 0 bridgehead atoms. The van der Waals surface area contributed by atoms with E-state index in [4.69, 9.17) is 16.3 Å². The van der Waals surface area contributed by atoms with Crippen LogP contribution in [0.4, 0.5) is 11.4 Å². The first-order chi connectivity index (χ1) is 13.9. The van der Waals surface area contributed by atoms with Crippen LogP contribution in [0, 0.1) is 10.1 Å². The molecule has 0 aliphatic carbocycles. The minimum Gasteiger partial charge on any atom is -0.478 e. The van der Waals surface area contributed by atoms with Crippen LogP contribution in [0.1, 0.15) is 20.7 Å². The minimum absolute atomic E-state index is 0.0421. The quantitative estimate of drug-likeness (QED) is 0.344. The van der Waals surface area contributed by atoms with Gasteiger partial charge in [0.25, 0.3) is 5.91 Å². The molecule has 0 aliphatic heterocycles. The number of rotatable bonds is 7. The van der Waals surface area contributed by atoms with Gasteiger partial charge in [0.15, 0.2) is 18.1 Å². The summed E-state index contributed by atoms with van der Waals surface area (Å²) in [6, 6.07) is 19.0. The lowest BCUT2D eigenvalue weighted by molar-refractivity contribution is -0.385. The number of carbonyl (C=O) groups excluding carboxylic acids is 2. The van der Waals surface area contributed by atoms with Crippen molar-refractivity contribution in [2.75, 3.05) is 11.9 Å². The van der Waals surface area contributed by atoms with Crippen LogP contribution in [0.15, 0.2) is 72.8 Å². The Balaban J connectivity index is 1.62. The number of ether oxygens (including phenoxy) is 1. The van der Waals surface area contributed by atoms with E-state index in [1.165, 1.54) is 12.1 Å². The molecular formula is C21H15ClN2O5. The molecule has 0 atom stereocenters. The number of anilines is 1. The van der Waals surface area contributed by atoms with Gasteiger partial charge in [0, 0.05) is 27.9 Å². The summed E-state index contributed by atoms with van der Waals surface area (Å²) < 4.78 is 5.30. The summed E-state index contributed by atoms with van der Waals surface area (Å²) in [5.41, 5.74) is 1.08. The van der Waals surface area contributed by atoms with Gasteiger partial charge < -0.3 is 10.1 Å². The zero-order valence-corrected chi connectivity index (χ0v) is 15.8. The Morgan fingerprint density at radius 2 is 1.66 bits per heavy atom. The molecule has 3 aromatic rings. The van der Waals surface area contributed by atoms with Gasteiger partial charge in [0.05, 0.1) is 4.92 Å². The van der Waals surface area contributed by atoms with Crippen LogP contribution in [0.25, 0.3) is 0 Å². The minimum atomic E-state index is -0.629. The molecule has 0 radical (unpaired) electrons. The molecule has 0 aliphatic rings. The molecule has 0 heterocycles. The van der Waals surface area contributed by atoms with E-state index >= 15 is 0 Å². The van der Waals surface area contributed by atoms with Crippen LogP contribution in [0.5, 0.6) is 5.75 Å². The number of ketones is 1. The van der Waals surface area contributed by atoms with Crippen molar-refractivity contribution in [2.45, 2.75) is 0 Å². The van der Waals surface area contributed by atoms with E-state index in [-0.39, 0.29) is 34.8 Å². The maximum absolute atomic E-state index is 12.3. The summed E-state index contributed by atoms with van der Waals surface area (Å²) in [5.74, 6) is -0.669. The van der Waals surface area contributed by atoms with E-state index in [1.807, 2.05) is 6.07 Å². The van der Waals surface area contributed by atoms with Crippen molar-refractivity contribution in [1.29, 1.82) is 0 Å². The van der Waals surface area contributed by atoms with Gasteiger partial charge in [-0.3, -0.25) is 19.7 Å². The fourth-order valence-electron chi connectivity index (χ4n) is 2.51. The Kier molecular flexibility index (Phi) is 6.21. The van der Waals surface area contributed by atoms with Gasteiger partial charge in [-0.25, -0.2) is 0 Å². The van der Waals surface area contributed by atoms with Gasteiger partial charge in [-0.2, -0.15) is 0 Å². The van der Waals surface area contributed by atoms with Crippen LogP contribution in [0.2, 0.25) is 5.02 Å². The molecule has 29 heavy (non-hydrogen) atoms. The molecule has 8 heteroatoms. The van der Waals surface area contributed by atoms with Crippen LogP contribution < -0.4 is 10.1 Å². The van der Waals surface area contributed by atoms with E-state index < -0.39 is 4.92 Å². The number of benzene rings is 3. The summed E-state index contributed by atoms with van der Waals surface area (Å²) in [7, 11) is 0. The van der Waals surface area contributed by atoms with Crippen molar-refractivity contribution < 1.29 is 19.2 Å². The number of halogens is 1. The second-order valence-electron chi connectivity index (χ2n) is 5.98. The second kappa shape index (κ2) is 8.99. The van der Waals surface area contributed by atoms with E-state index in [0.29, 0.717) is 16.8 Å². The normalized spacial score (nSPS) is 10.2. The number of nitro groups is 1. The number of nitrogens with zero attached hydrogens (tertiary/aromatic N) is 1. The lowest BCUT2D eigenvalue weighted by Crippen LogP contribution is -2.13. The molecule has 7 nitrogen and oxygen atoms in total. The molecule has 1 amide bonds. The zero-order chi connectivity index (χ0) is 20.8. The zero-order valence-electron chi connectivity index (χ0n) is 15.0. The highest BCUT2D eigenvalue weighted by Gasteiger charge is 2.17. The SMILES string of the molecule is O=C(COc1ccc(Cl)cc1[N+](=O)[O-])c1ccc(NC(=O)c2ccccc2)cc1. The van der Waals surface area contributed by atoms with Crippen molar-refractivity contribution >= 4 is 34.7 Å². The Morgan fingerprint density at radius 3 is 2.31 bits per heavy atom. The number of hydrogen-bond acceptors (Lipinski definition) is 5. The third-order valence-corrected chi connectivity index (χ3v) is 4.21. The van der Waals surface area contributed by atoms with Crippen LogP contribution >= 0.6 is 11.6 Å². The maximum Gasteiger partial charge on any atom is 0.312 e. The average Bonchev–Trinajstić information content (AvgIpc) is 2.73. The standard InChI is InChI=1S/C21H15ClN2O5/c22-16-8-11-20(18(12-16)24(27)28)29-13-19(25)14-6-9-17(10-7-14)23-21(26)15-4-2-1-3-5-15/h1-12H,13H2,(H,23,26). The Hall–Kier alpha value is -3.71. The summed E-state index contributed by atoms with van der Waals surface area (Å²) >= 11 is 5.75. The first kappa shape index (κ1) is 20.0. The van der Waals surface area contributed by atoms with Gasteiger partial charge in [0.1, 0.15) is 0 Å². The van der Waals surface area contributed by atoms with Crippen LogP contribution in [0.3, 0.4) is 0 Å². The molecule has 0 spiro atoms. The van der Waals surface area contributed by atoms with Gasteiger partial charge >= 0.3 is 5.69 Å². The smallest absolute Gasteiger partial charge is 0.312 e. The van der Waals surface area contributed by atoms with Gasteiger partial charge in [0.2, 0.25) is 0 Å². The Bertz CT molecular complexity index is 1050. The fourth-order valence-corrected chi connectivity index (χ4v) is 2.68. The monoisotopic (exact) mass is 410 g/mol. The Morgan fingerprint density at radius 1 is 0.966 bits per heavy atom. The van der Waals surface area contributed by atoms with E-state index in [0.717, 1.165) is 6.07 Å². The van der Waals surface area contributed by atoms with Crippen molar-refractivity contribution in [1.82, 2.24) is 0 Å². The number of Topliss-reactive ketones (excluding diaryl/α,β-unsaturated/α-hetero) is 1. The average molecular weight is 411 g/mol. The number of amides is 1. The third-order valence-electron chi connectivity index (χ3n) is 3.98. The summed E-state index contributed by atoms with van der Waals surface area (Å²) in [6.07, 6.45) is 0. The summed E-state index contributed by atoms with van der Waals surface area (Å²) in [6.45, 7) is -0.377. The second-order valence-corrected chi connectivity index (χ2v) is 6.41. The largest absolute Gasteiger partial charge is 0.478 e. The first-order valence-electron chi connectivity index (χ1n) is 8.50. The van der Waals surface area contributed by atoms with Crippen LogP contribution in [-0.2, 0) is 0 Å². The molecule has 3 rings (SSSR count). The van der Waals surface area contributed by atoms with Crippen molar-refractivity contribution in [2.24, 2.45) is 0 Å². The molecule has 0 aromatic heterocycles. The molecule has 1 N–H and O–H groups in total. The molecule has 0 fully saturated rings. The highest BCUT2D eigenvalue weighted by molar-refractivity contribution is 6.30. The van der Waals surface area contributed by atoms with Crippen LogP contribution in [-0.4, -0.2) is 23.2 Å². The van der Waals surface area contributed by atoms with Crippen molar-refractivity contribution in [3.8, 4) is 5.75 Å². The lowest BCUT2D eigenvalue weighted by atomic mass is 10.1. The Labute approximate surface area is 171 Å². The fraction of sp³-hybridized carbons (Fsp3) is 0.0476. The predicted molar refractivity (Wildman–Crippen MR) is 109 cm³/mol. The van der Waals surface area contributed by atoms with E-state index in [2.05, 4.69) is 5.32 Å². The number of nitrogens with one attached hydrogen (secondary N) is 1. The summed E-state index contributed by atoms with van der Waals surface area (Å²) in [5, 5.41) is 14.0. The van der Waals surface area contributed by atoms with E-state index in [9.17, 15) is 19.7 Å². The molecule has 146 valence electrons. The highest BCUT2D eigenvalue weighted by atomic mass is 35.5. The lowest BCUT2D eigenvalue weighted by Gasteiger charge is -2.08. The van der Waals surface area contributed by atoms with Crippen molar-refractivity contribution in [3.63, 3.8) is 0 Å². The predicted octanol–water partition coefficient (Wildman–Crippen LogP) is 4.76. The number of nitro benzene ring substituents is 1.